The highest BCUT2D eigenvalue weighted by molar-refractivity contribution is 7.86. The SMILES string of the molecule is CC(=O)NCCCS(=O)(=O)OCC(C)(C)[C@@H](O)C(=O)O.Cl. The van der Waals surface area contributed by atoms with Crippen LogP contribution in [0.15, 0.2) is 0 Å². The molecule has 0 aliphatic rings. The Kier molecular flexibility index (Phi) is 9.79. The number of aliphatic hydroxyl groups excluding tert-OH is 1. The van der Waals surface area contributed by atoms with Crippen molar-refractivity contribution >= 4 is 34.4 Å². The van der Waals surface area contributed by atoms with Gasteiger partial charge in [0.25, 0.3) is 10.1 Å². The molecule has 1 atom stereocenters. The van der Waals surface area contributed by atoms with E-state index in [0.29, 0.717) is 0 Å². The van der Waals surface area contributed by atoms with E-state index in [-0.39, 0.29) is 37.0 Å². The van der Waals surface area contributed by atoms with Crippen molar-refractivity contribution in [3.63, 3.8) is 0 Å². The van der Waals surface area contributed by atoms with Gasteiger partial charge in [-0.05, 0) is 6.42 Å². The lowest BCUT2D eigenvalue weighted by Gasteiger charge is -2.26. The molecule has 0 fully saturated rings. The van der Waals surface area contributed by atoms with Crippen LogP contribution in [0.5, 0.6) is 0 Å². The maximum atomic E-state index is 11.6. The van der Waals surface area contributed by atoms with Gasteiger partial charge in [-0.1, -0.05) is 13.8 Å². The number of nitrogens with one attached hydrogen (secondary N) is 1. The minimum atomic E-state index is -3.83. The van der Waals surface area contributed by atoms with Crippen molar-refractivity contribution in [2.75, 3.05) is 18.9 Å². The minimum absolute atomic E-state index is 0. The number of hydrogen-bond acceptors (Lipinski definition) is 6. The Morgan fingerprint density at radius 1 is 1.33 bits per heavy atom. The fraction of sp³-hybridized carbons (Fsp3) is 0.818. The summed E-state index contributed by atoms with van der Waals surface area (Å²) in [5, 5.41) is 20.5. The number of amides is 1. The van der Waals surface area contributed by atoms with Crippen LogP contribution in [0.1, 0.15) is 27.2 Å². The third-order valence-electron chi connectivity index (χ3n) is 2.53. The van der Waals surface area contributed by atoms with Crippen LogP contribution in [0.4, 0.5) is 0 Å². The smallest absolute Gasteiger partial charge is 0.333 e. The van der Waals surface area contributed by atoms with Crippen LogP contribution in [0, 0.1) is 5.41 Å². The van der Waals surface area contributed by atoms with Gasteiger partial charge < -0.3 is 15.5 Å². The molecule has 0 saturated carbocycles. The van der Waals surface area contributed by atoms with Crippen LogP contribution in [0.3, 0.4) is 0 Å². The standard InChI is InChI=1S/C11H21NO7S.ClH/c1-8(13)12-5-4-6-20(17,18)19-7-11(2,3)9(14)10(15)16;/h9,14H,4-7H2,1-3H3,(H,12,13)(H,15,16);1H/t9-;/m0./s1. The molecular formula is C11H22ClNO7S. The summed E-state index contributed by atoms with van der Waals surface area (Å²) in [6.07, 6.45) is -1.54. The van der Waals surface area contributed by atoms with Crippen LogP contribution in [-0.2, 0) is 23.9 Å². The molecule has 1 amide bonds. The van der Waals surface area contributed by atoms with Gasteiger partial charge >= 0.3 is 5.97 Å². The molecular weight excluding hydrogens is 326 g/mol. The summed E-state index contributed by atoms with van der Waals surface area (Å²) >= 11 is 0. The maximum absolute atomic E-state index is 11.6. The number of aliphatic carboxylic acids is 1. The number of carboxylic acids is 1. The monoisotopic (exact) mass is 347 g/mol. The number of carboxylic acid groups (broad SMARTS) is 1. The highest BCUT2D eigenvalue weighted by Gasteiger charge is 2.35. The number of carbonyl (C=O) groups excluding carboxylic acids is 1. The van der Waals surface area contributed by atoms with Crippen molar-refractivity contribution in [2.45, 2.75) is 33.3 Å². The van der Waals surface area contributed by atoms with Crippen LogP contribution < -0.4 is 5.32 Å². The highest BCUT2D eigenvalue weighted by atomic mass is 35.5. The summed E-state index contributed by atoms with van der Waals surface area (Å²) < 4.78 is 27.8. The number of halogens is 1. The molecule has 0 heterocycles. The maximum Gasteiger partial charge on any atom is 0.333 e. The molecule has 0 aliphatic heterocycles. The van der Waals surface area contributed by atoms with Crippen molar-refractivity contribution in [1.29, 1.82) is 0 Å². The average molecular weight is 348 g/mol. The van der Waals surface area contributed by atoms with E-state index in [4.69, 9.17) is 9.29 Å². The van der Waals surface area contributed by atoms with Crippen LogP contribution in [-0.4, -0.2) is 55.5 Å². The Bertz CT molecular complexity index is 449. The van der Waals surface area contributed by atoms with Gasteiger partial charge in [0.05, 0.1) is 12.4 Å². The van der Waals surface area contributed by atoms with E-state index in [0.717, 1.165) is 0 Å². The van der Waals surface area contributed by atoms with Crippen LogP contribution in [0.25, 0.3) is 0 Å². The first-order chi connectivity index (χ1) is 8.98. The van der Waals surface area contributed by atoms with E-state index >= 15 is 0 Å². The predicted molar refractivity (Wildman–Crippen MR) is 77.7 cm³/mol. The Labute approximate surface area is 130 Å². The number of rotatable bonds is 9. The van der Waals surface area contributed by atoms with Crippen molar-refractivity contribution < 1.29 is 32.4 Å². The molecule has 126 valence electrons. The molecule has 0 aromatic carbocycles. The van der Waals surface area contributed by atoms with E-state index in [1.807, 2.05) is 0 Å². The van der Waals surface area contributed by atoms with Crippen molar-refractivity contribution in [3.8, 4) is 0 Å². The van der Waals surface area contributed by atoms with Gasteiger partial charge in [-0.3, -0.25) is 8.98 Å². The number of hydrogen-bond donors (Lipinski definition) is 3. The van der Waals surface area contributed by atoms with E-state index < -0.39 is 34.2 Å². The Morgan fingerprint density at radius 2 is 1.86 bits per heavy atom. The third-order valence-corrected chi connectivity index (χ3v) is 3.80. The van der Waals surface area contributed by atoms with Gasteiger partial charge in [-0.2, -0.15) is 8.42 Å². The van der Waals surface area contributed by atoms with E-state index in [2.05, 4.69) is 5.32 Å². The second kappa shape index (κ2) is 9.19. The normalized spacial score (nSPS) is 13.1. The summed E-state index contributed by atoms with van der Waals surface area (Å²) in [6.45, 7) is 3.86. The summed E-state index contributed by atoms with van der Waals surface area (Å²) in [4.78, 5) is 21.2. The lowest BCUT2D eigenvalue weighted by molar-refractivity contribution is -0.154. The van der Waals surface area contributed by atoms with Gasteiger partial charge in [0.1, 0.15) is 0 Å². The molecule has 3 N–H and O–H groups in total. The molecule has 8 nitrogen and oxygen atoms in total. The van der Waals surface area contributed by atoms with E-state index in [9.17, 15) is 23.1 Å². The first-order valence-electron chi connectivity index (χ1n) is 6.00. The second-order valence-corrected chi connectivity index (χ2v) is 6.85. The van der Waals surface area contributed by atoms with E-state index in [1.54, 1.807) is 0 Å². The van der Waals surface area contributed by atoms with Gasteiger partial charge in [-0.25, -0.2) is 4.79 Å². The minimum Gasteiger partial charge on any atom is -0.479 e. The Balaban J connectivity index is 0. The third kappa shape index (κ3) is 9.62. The van der Waals surface area contributed by atoms with Crippen molar-refractivity contribution in [2.24, 2.45) is 5.41 Å². The highest BCUT2D eigenvalue weighted by Crippen LogP contribution is 2.22. The molecule has 0 radical (unpaired) electrons. The van der Waals surface area contributed by atoms with Crippen LogP contribution in [0.2, 0.25) is 0 Å². The van der Waals surface area contributed by atoms with Crippen molar-refractivity contribution in [1.82, 2.24) is 5.32 Å². The molecule has 0 unspecified atom stereocenters. The number of carbonyl (C=O) groups is 2. The summed E-state index contributed by atoms with van der Waals surface area (Å²) in [7, 11) is -3.83. The lowest BCUT2D eigenvalue weighted by Crippen LogP contribution is -2.40. The summed E-state index contributed by atoms with van der Waals surface area (Å²) in [5.74, 6) is -2.00. The molecule has 0 rings (SSSR count). The zero-order chi connectivity index (χ0) is 16.0. The molecule has 0 bridgehead atoms. The number of aliphatic hydroxyl groups is 1. The quantitative estimate of drug-likeness (QED) is 0.387. The topological polar surface area (TPSA) is 130 Å². The lowest BCUT2D eigenvalue weighted by atomic mass is 9.88. The first-order valence-corrected chi connectivity index (χ1v) is 7.58. The second-order valence-electron chi connectivity index (χ2n) is 5.09. The first kappa shape index (κ1) is 22.4. The largest absolute Gasteiger partial charge is 0.479 e. The molecule has 0 aliphatic carbocycles. The molecule has 0 spiro atoms. The average Bonchev–Trinajstić information content (AvgIpc) is 2.31. The predicted octanol–water partition coefficient (Wildman–Crippen LogP) is -0.247. The van der Waals surface area contributed by atoms with Gasteiger partial charge in [0.2, 0.25) is 5.91 Å². The van der Waals surface area contributed by atoms with Crippen molar-refractivity contribution in [3.05, 3.63) is 0 Å². The molecule has 21 heavy (non-hydrogen) atoms. The van der Waals surface area contributed by atoms with Gasteiger partial charge in [-0.15, -0.1) is 12.4 Å². The summed E-state index contributed by atoms with van der Waals surface area (Å²) in [5.41, 5.74) is -1.24. The fourth-order valence-corrected chi connectivity index (χ4v) is 2.33. The zero-order valence-electron chi connectivity index (χ0n) is 12.2. The van der Waals surface area contributed by atoms with E-state index in [1.165, 1.54) is 20.8 Å². The van der Waals surface area contributed by atoms with Gasteiger partial charge in [0, 0.05) is 18.9 Å². The fourth-order valence-electron chi connectivity index (χ4n) is 1.23. The Morgan fingerprint density at radius 3 is 2.29 bits per heavy atom. The molecule has 10 heteroatoms. The Hall–Kier alpha value is -0.900. The molecule has 0 aromatic rings. The molecule has 0 saturated heterocycles. The van der Waals surface area contributed by atoms with Gasteiger partial charge in [0.15, 0.2) is 6.10 Å². The molecule has 0 aromatic heterocycles. The van der Waals surface area contributed by atoms with Crippen LogP contribution >= 0.6 is 12.4 Å². The summed E-state index contributed by atoms with van der Waals surface area (Å²) in [6, 6.07) is 0. The zero-order valence-corrected chi connectivity index (χ0v) is 13.8.